The smallest absolute Gasteiger partial charge is 0.432 e. The molecule has 1 atom stereocenters. The lowest BCUT2D eigenvalue weighted by Gasteiger charge is -2.39. The molecule has 0 spiro atoms. The summed E-state index contributed by atoms with van der Waals surface area (Å²) in [6.45, 7) is 2.46. The Morgan fingerprint density at radius 2 is 1.82 bits per heavy atom. The van der Waals surface area contributed by atoms with E-state index in [1.807, 2.05) is 30.5 Å². The van der Waals surface area contributed by atoms with Gasteiger partial charge in [0.15, 0.2) is 13.3 Å². The minimum absolute atomic E-state index is 0.0563. The molecule has 2 N–H and O–H groups in total. The minimum Gasteiger partial charge on any atom is -0.477 e. The fourth-order valence-corrected chi connectivity index (χ4v) is 8.11. The molecule has 2 aromatic carbocycles. The molecule has 11 nitrogen and oxygen atoms in total. The number of methoxy groups -OCH3 is 1. The van der Waals surface area contributed by atoms with Crippen molar-refractivity contribution >= 4 is 56.0 Å². The number of ether oxygens (including phenoxy) is 2. The van der Waals surface area contributed by atoms with Gasteiger partial charge in [-0.1, -0.05) is 25.1 Å². The Kier molecular flexibility index (Phi) is 10.9. The number of hydrogen-bond donors (Lipinski definition) is 2. The third kappa shape index (κ3) is 6.85. The molecule has 0 bridgehead atoms. The molecule has 1 aliphatic heterocycles. The summed E-state index contributed by atoms with van der Waals surface area (Å²) >= 11 is 2.71. The summed E-state index contributed by atoms with van der Waals surface area (Å²) in [5, 5.41) is 10.2. The molecule has 2 heterocycles. The van der Waals surface area contributed by atoms with Crippen LogP contribution in [0.3, 0.4) is 0 Å². The number of urea groups is 1. The standard InChI is InChI=1S/C30H35N3O8S3/c1-5-15-44(38,39)31-16-23-26-28(43-27(23)20-11-13-22(14-12-20)41-19-40-3)32(17-21-9-7-8-10-24(21)42-4)30(37)33(6-2,29(26)36)18-25(34)35/h7-14,31H,5-6,15-19H2,1-4H3/p+1. The van der Waals surface area contributed by atoms with Crippen molar-refractivity contribution in [3.05, 3.63) is 65.2 Å². The Bertz CT molecular complexity index is 1640. The van der Waals surface area contributed by atoms with Gasteiger partial charge in [-0.25, -0.2) is 32.4 Å². The van der Waals surface area contributed by atoms with Crippen molar-refractivity contribution in [3.63, 3.8) is 0 Å². The van der Waals surface area contributed by atoms with Gasteiger partial charge >= 0.3 is 17.9 Å². The third-order valence-electron chi connectivity index (χ3n) is 7.30. The van der Waals surface area contributed by atoms with Gasteiger partial charge in [-0.3, -0.25) is 0 Å². The fourth-order valence-electron chi connectivity index (χ4n) is 5.14. The number of sulfonamides is 1. The Hall–Kier alpha value is -3.27. The topological polar surface area (TPSA) is 139 Å². The lowest BCUT2D eigenvalue weighted by Crippen LogP contribution is -2.66. The number of carboxylic acid groups (broad SMARTS) is 1. The highest BCUT2D eigenvalue weighted by atomic mass is 32.2. The monoisotopic (exact) mass is 662 g/mol. The molecule has 0 aliphatic carbocycles. The Balaban J connectivity index is 1.96. The van der Waals surface area contributed by atoms with E-state index < -0.39 is 39.0 Å². The molecule has 236 valence electrons. The average molecular weight is 663 g/mol. The van der Waals surface area contributed by atoms with Crippen molar-refractivity contribution in [1.82, 2.24) is 4.72 Å². The highest BCUT2D eigenvalue weighted by molar-refractivity contribution is 7.98. The van der Waals surface area contributed by atoms with Crippen molar-refractivity contribution in [2.24, 2.45) is 0 Å². The Morgan fingerprint density at radius 3 is 2.43 bits per heavy atom. The van der Waals surface area contributed by atoms with Crippen molar-refractivity contribution in [2.75, 3.05) is 43.9 Å². The molecule has 1 aliphatic rings. The summed E-state index contributed by atoms with van der Waals surface area (Å²) < 4.78 is 37.7. The van der Waals surface area contributed by atoms with Crippen LogP contribution in [0.25, 0.3) is 10.4 Å². The zero-order valence-corrected chi connectivity index (χ0v) is 27.4. The van der Waals surface area contributed by atoms with E-state index in [0.29, 0.717) is 33.2 Å². The Labute approximate surface area is 265 Å². The molecule has 0 radical (unpaired) electrons. The summed E-state index contributed by atoms with van der Waals surface area (Å²) in [5.41, 5.74) is 2.04. The number of hydrogen-bond acceptors (Lipinski definition) is 9. The number of imide groups is 1. The normalized spacial score (nSPS) is 16.7. The fraction of sp³-hybridized carbons (Fsp3) is 0.367. The van der Waals surface area contributed by atoms with E-state index in [4.69, 9.17) is 9.47 Å². The molecular formula is C30H36N3O8S3+. The van der Waals surface area contributed by atoms with Crippen molar-refractivity contribution in [3.8, 4) is 16.2 Å². The van der Waals surface area contributed by atoms with Crippen LogP contribution in [-0.2, 0) is 32.6 Å². The first kappa shape index (κ1) is 33.6. The lowest BCUT2D eigenvalue weighted by molar-refractivity contribution is -0.756. The number of aliphatic carboxylic acids is 1. The highest BCUT2D eigenvalue weighted by Crippen LogP contribution is 2.48. The van der Waals surface area contributed by atoms with Crippen LogP contribution in [0.4, 0.5) is 9.80 Å². The quantitative estimate of drug-likeness (QED) is 0.129. The SMILES string of the molecule is CCCS(=O)(=O)NCc1c(-c2ccc(OCOC)cc2)sc2c1C(=O)[N+](CC)(CC(=O)O)C(=O)N2Cc1ccccc1SC. The van der Waals surface area contributed by atoms with Crippen LogP contribution < -0.4 is 14.4 Å². The van der Waals surface area contributed by atoms with Crippen LogP contribution in [-0.4, -0.2) is 74.9 Å². The van der Waals surface area contributed by atoms with Gasteiger partial charge in [-0.15, -0.1) is 23.1 Å². The van der Waals surface area contributed by atoms with Crippen molar-refractivity contribution in [1.29, 1.82) is 0 Å². The van der Waals surface area contributed by atoms with Gasteiger partial charge in [0.2, 0.25) is 10.0 Å². The number of amides is 3. The number of carbonyl (C=O) groups is 3. The van der Waals surface area contributed by atoms with Crippen LogP contribution in [0.1, 0.15) is 41.8 Å². The number of thioether (sulfide) groups is 1. The van der Waals surface area contributed by atoms with Crippen LogP contribution >= 0.6 is 23.1 Å². The zero-order valence-electron chi connectivity index (χ0n) is 25.0. The van der Waals surface area contributed by atoms with E-state index in [1.54, 1.807) is 38.1 Å². The van der Waals surface area contributed by atoms with E-state index in [2.05, 4.69) is 4.72 Å². The number of carbonyl (C=O) groups excluding carboxylic acids is 2. The molecule has 1 unspecified atom stereocenters. The van der Waals surface area contributed by atoms with Crippen LogP contribution in [0.2, 0.25) is 0 Å². The highest BCUT2D eigenvalue weighted by Gasteiger charge is 2.56. The van der Waals surface area contributed by atoms with E-state index in [9.17, 15) is 27.9 Å². The predicted octanol–water partition coefficient (Wildman–Crippen LogP) is 5.15. The summed E-state index contributed by atoms with van der Waals surface area (Å²) in [7, 11) is -2.16. The molecule has 0 saturated heterocycles. The molecule has 3 aromatic rings. The zero-order chi connectivity index (χ0) is 32.1. The van der Waals surface area contributed by atoms with Crippen molar-refractivity contribution < 1.29 is 41.9 Å². The van der Waals surface area contributed by atoms with Crippen LogP contribution in [0.15, 0.2) is 53.4 Å². The first-order valence-electron chi connectivity index (χ1n) is 13.9. The van der Waals surface area contributed by atoms with Crippen molar-refractivity contribution in [2.45, 2.75) is 38.3 Å². The van der Waals surface area contributed by atoms with Crippen LogP contribution in [0, 0.1) is 0 Å². The number of carboxylic acids is 1. The third-order valence-corrected chi connectivity index (χ3v) is 11.0. The molecule has 0 saturated carbocycles. The van der Waals surface area contributed by atoms with Gasteiger partial charge in [0.05, 0.1) is 18.8 Å². The van der Waals surface area contributed by atoms with Gasteiger partial charge in [0, 0.05) is 29.0 Å². The van der Waals surface area contributed by atoms with Gasteiger partial charge in [-0.2, -0.15) is 4.48 Å². The maximum absolute atomic E-state index is 14.4. The number of fused-ring (bicyclic) bond motifs is 1. The Morgan fingerprint density at radius 1 is 1.11 bits per heavy atom. The predicted molar refractivity (Wildman–Crippen MR) is 171 cm³/mol. The maximum Gasteiger partial charge on any atom is 0.432 e. The molecule has 4 rings (SSSR count). The molecule has 44 heavy (non-hydrogen) atoms. The van der Waals surface area contributed by atoms with E-state index in [0.717, 1.165) is 10.5 Å². The molecule has 0 fully saturated rings. The average Bonchev–Trinajstić information content (AvgIpc) is 3.39. The van der Waals surface area contributed by atoms with Crippen LogP contribution in [0.5, 0.6) is 5.75 Å². The second-order valence-corrected chi connectivity index (χ2v) is 13.9. The lowest BCUT2D eigenvalue weighted by atomic mass is 10.0. The summed E-state index contributed by atoms with van der Waals surface area (Å²) in [4.78, 5) is 43.7. The number of likely N-dealkylation sites (N-methyl/N-ethyl adjacent to an activating group) is 1. The molecule has 3 amide bonds. The van der Waals surface area contributed by atoms with Gasteiger partial charge < -0.3 is 14.6 Å². The molecule has 1 aromatic heterocycles. The number of nitrogens with zero attached hydrogens (tertiary/aromatic N) is 2. The van der Waals surface area contributed by atoms with Gasteiger partial charge in [0.1, 0.15) is 16.3 Å². The first-order chi connectivity index (χ1) is 21.0. The van der Waals surface area contributed by atoms with Gasteiger partial charge in [0.25, 0.3) is 0 Å². The second kappa shape index (κ2) is 14.2. The minimum atomic E-state index is -3.68. The number of quaternary nitrogens is 1. The van der Waals surface area contributed by atoms with E-state index >= 15 is 0 Å². The second-order valence-electron chi connectivity index (χ2n) is 10.1. The number of nitrogens with one attached hydrogen (secondary N) is 1. The summed E-state index contributed by atoms with van der Waals surface area (Å²) in [6, 6.07) is 14.0. The summed E-state index contributed by atoms with van der Waals surface area (Å²) in [5.74, 6) is -1.52. The number of benzene rings is 2. The molecular weight excluding hydrogens is 627 g/mol. The van der Waals surface area contributed by atoms with Gasteiger partial charge in [-0.05, 0) is 61.1 Å². The number of thiophene rings is 1. The number of anilines is 1. The first-order valence-corrected chi connectivity index (χ1v) is 17.6. The summed E-state index contributed by atoms with van der Waals surface area (Å²) in [6.07, 6.45) is 2.32. The largest absolute Gasteiger partial charge is 0.477 e. The van der Waals surface area contributed by atoms with E-state index in [1.165, 1.54) is 35.1 Å². The molecule has 14 heteroatoms. The maximum atomic E-state index is 14.4. The number of rotatable bonds is 15. The van der Waals surface area contributed by atoms with E-state index in [-0.39, 0.29) is 37.7 Å².